The molecule has 6 heteroatoms. The first-order valence-corrected chi connectivity index (χ1v) is 12.5. The molecule has 2 aromatic heterocycles. The Morgan fingerprint density at radius 1 is 1.00 bits per heavy atom. The zero-order valence-corrected chi connectivity index (χ0v) is 21.4. The molecule has 1 amide bonds. The number of fused-ring (bicyclic) bond motifs is 1. The van der Waals surface area contributed by atoms with E-state index in [2.05, 4.69) is 41.6 Å². The number of amides is 1. The lowest BCUT2D eigenvalue weighted by atomic mass is 10.0. The molecule has 0 atom stereocenters. The van der Waals surface area contributed by atoms with Gasteiger partial charge in [-0.1, -0.05) is 55.5 Å². The second-order valence-corrected chi connectivity index (χ2v) is 8.97. The first kappa shape index (κ1) is 24.3. The maximum atomic E-state index is 13.4. The summed E-state index contributed by atoms with van der Waals surface area (Å²) in [5, 5.41) is 8.54. The van der Waals surface area contributed by atoms with Crippen LogP contribution in [-0.4, -0.2) is 34.3 Å². The highest BCUT2D eigenvalue weighted by Crippen LogP contribution is 2.28. The minimum Gasteiger partial charge on any atom is -0.496 e. The third-order valence-electron chi connectivity index (χ3n) is 6.71. The second-order valence-electron chi connectivity index (χ2n) is 8.97. The molecule has 1 N–H and O–H groups in total. The van der Waals surface area contributed by atoms with Crippen molar-refractivity contribution in [1.82, 2.24) is 20.1 Å². The molecule has 0 saturated carbocycles. The van der Waals surface area contributed by atoms with Crippen LogP contribution in [-0.2, 0) is 12.8 Å². The first-order chi connectivity index (χ1) is 18.1. The van der Waals surface area contributed by atoms with Gasteiger partial charge in [-0.2, -0.15) is 5.10 Å². The van der Waals surface area contributed by atoms with Crippen LogP contribution in [0.1, 0.15) is 34.1 Å². The van der Waals surface area contributed by atoms with Crippen molar-refractivity contribution >= 4 is 16.8 Å². The molecule has 0 aliphatic heterocycles. The third kappa shape index (κ3) is 4.96. The van der Waals surface area contributed by atoms with Crippen molar-refractivity contribution in [3.05, 3.63) is 107 Å². The van der Waals surface area contributed by atoms with Crippen molar-refractivity contribution in [2.45, 2.75) is 26.7 Å². The normalized spacial score (nSPS) is 11.0. The standard InChI is InChI=1S/C31H30N4O2/c1-4-22-13-15-24(16-14-22)35-21(2)27(20-33-35)29-19-26(25-10-6-7-11-28(25)34-29)31(36)32-18-17-23-9-5-8-12-30(23)37-3/h5-16,19-20H,4,17-18H2,1-3H3,(H,32,36). The maximum Gasteiger partial charge on any atom is 0.252 e. The number of carbonyl (C=O) groups is 1. The number of rotatable bonds is 8. The lowest BCUT2D eigenvalue weighted by Crippen LogP contribution is -2.26. The van der Waals surface area contributed by atoms with E-state index in [4.69, 9.17) is 9.72 Å². The van der Waals surface area contributed by atoms with E-state index in [1.54, 1.807) is 7.11 Å². The minimum absolute atomic E-state index is 0.130. The Bertz CT molecular complexity index is 1550. The van der Waals surface area contributed by atoms with E-state index in [1.165, 1.54) is 5.56 Å². The summed E-state index contributed by atoms with van der Waals surface area (Å²) in [5.74, 6) is 0.695. The maximum absolute atomic E-state index is 13.4. The number of nitrogens with zero attached hydrogens (tertiary/aromatic N) is 3. The molecule has 3 aromatic carbocycles. The van der Waals surface area contributed by atoms with Crippen LogP contribution in [0.2, 0.25) is 0 Å². The van der Waals surface area contributed by atoms with Gasteiger partial charge in [-0.3, -0.25) is 4.79 Å². The number of aryl methyl sites for hydroxylation is 1. The molecule has 0 saturated heterocycles. The van der Waals surface area contributed by atoms with Crippen LogP contribution in [0, 0.1) is 6.92 Å². The van der Waals surface area contributed by atoms with Gasteiger partial charge in [0.15, 0.2) is 0 Å². The van der Waals surface area contributed by atoms with E-state index in [1.807, 2.05) is 72.4 Å². The van der Waals surface area contributed by atoms with Crippen LogP contribution in [0.4, 0.5) is 0 Å². The Morgan fingerprint density at radius 2 is 1.76 bits per heavy atom. The highest BCUT2D eigenvalue weighted by molar-refractivity contribution is 6.07. The van der Waals surface area contributed by atoms with Crippen molar-refractivity contribution in [3.8, 4) is 22.7 Å². The van der Waals surface area contributed by atoms with E-state index in [0.717, 1.165) is 51.3 Å². The predicted molar refractivity (Wildman–Crippen MR) is 147 cm³/mol. The van der Waals surface area contributed by atoms with Gasteiger partial charge < -0.3 is 10.1 Å². The third-order valence-corrected chi connectivity index (χ3v) is 6.71. The van der Waals surface area contributed by atoms with Gasteiger partial charge in [-0.05, 0) is 61.2 Å². The largest absolute Gasteiger partial charge is 0.496 e. The fraction of sp³-hybridized carbons (Fsp3) is 0.194. The van der Waals surface area contributed by atoms with Crippen molar-refractivity contribution < 1.29 is 9.53 Å². The molecular weight excluding hydrogens is 460 g/mol. The van der Waals surface area contributed by atoms with E-state index < -0.39 is 0 Å². The number of hydrogen-bond acceptors (Lipinski definition) is 4. The molecular formula is C31H30N4O2. The van der Waals surface area contributed by atoms with Gasteiger partial charge in [0.25, 0.3) is 5.91 Å². The zero-order chi connectivity index (χ0) is 25.8. The van der Waals surface area contributed by atoms with E-state index in [0.29, 0.717) is 18.5 Å². The fourth-order valence-electron chi connectivity index (χ4n) is 4.61. The number of aromatic nitrogens is 3. The van der Waals surface area contributed by atoms with E-state index in [9.17, 15) is 4.79 Å². The predicted octanol–water partition coefficient (Wildman–Crippen LogP) is 5.94. The molecule has 0 spiro atoms. The summed E-state index contributed by atoms with van der Waals surface area (Å²) >= 11 is 0. The van der Waals surface area contributed by atoms with Crippen molar-refractivity contribution in [3.63, 3.8) is 0 Å². The van der Waals surface area contributed by atoms with E-state index >= 15 is 0 Å². The van der Waals surface area contributed by atoms with Gasteiger partial charge in [0.2, 0.25) is 0 Å². The minimum atomic E-state index is -0.130. The molecule has 37 heavy (non-hydrogen) atoms. The van der Waals surface area contributed by atoms with Crippen molar-refractivity contribution in [1.29, 1.82) is 0 Å². The second kappa shape index (κ2) is 10.7. The Balaban J connectivity index is 1.44. The van der Waals surface area contributed by atoms with Crippen molar-refractivity contribution in [2.75, 3.05) is 13.7 Å². The number of hydrogen-bond donors (Lipinski definition) is 1. The smallest absolute Gasteiger partial charge is 0.252 e. The molecule has 0 aliphatic carbocycles. The molecule has 0 fully saturated rings. The summed E-state index contributed by atoms with van der Waals surface area (Å²) in [6.45, 7) is 4.67. The molecule has 2 heterocycles. The SMILES string of the molecule is CCc1ccc(-n2ncc(-c3cc(C(=O)NCCc4ccccc4OC)c4ccccc4n3)c2C)cc1. The van der Waals surface area contributed by atoms with Gasteiger partial charge in [-0.25, -0.2) is 9.67 Å². The molecule has 5 rings (SSSR count). The number of para-hydroxylation sites is 2. The Morgan fingerprint density at radius 3 is 2.54 bits per heavy atom. The lowest BCUT2D eigenvalue weighted by molar-refractivity contribution is 0.0955. The summed E-state index contributed by atoms with van der Waals surface area (Å²) in [7, 11) is 1.66. The van der Waals surface area contributed by atoms with Crippen molar-refractivity contribution in [2.24, 2.45) is 0 Å². The number of pyridine rings is 1. The van der Waals surface area contributed by atoms with Gasteiger partial charge in [-0.15, -0.1) is 0 Å². The summed E-state index contributed by atoms with van der Waals surface area (Å²) in [6, 6.07) is 25.9. The van der Waals surface area contributed by atoms with Crippen LogP contribution < -0.4 is 10.1 Å². The molecule has 0 bridgehead atoms. The van der Waals surface area contributed by atoms with Gasteiger partial charge in [0, 0.05) is 17.5 Å². The molecule has 5 aromatic rings. The number of ether oxygens (including phenoxy) is 1. The summed E-state index contributed by atoms with van der Waals surface area (Å²) in [6.07, 6.45) is 3.49. The van der Waals surface area contributed by atoms with Gasteiger partial charge >= 0.3 is 0 Å². The molecule has 0 radical (unpaired) electrons. The lowest BCUT2D eigenvalue weighted by Gasteiger charge is -2.12. The monoisotopic (exact) mass is 490 g/mol. The number of nitrogens with one attached hydrogen (secondary N) is 1. The van der Waals surface area contributed by atoms with Crippen LogP contribution in [0.15, 0.2) is 85.1 Å². The van der Waals surface area contributed by atoms with Crippen LogP contribution in [0.5, 0.6) is 5.75 Å². The average Bonchev–Trinajstić information content (AvgIpc) is 3.33. The Hall–Kier alpha value is -4.45. The van der Waals surface area contributed by atoms with Crippen LogP contribution >= 0.6 is 0 Å². The number of carbonyl (C=O) groups excluding carboxylic acids is 1. The summed E-state index contributed by atoms with van der Waals surface area (Å²) < 4.78 is 7.35. The molecule has 0 unspecified atom stereocenters. The summed E-state index contributed by atoms with van der Waals surface area (Å²) in [5.41, 5.74) is 7.29. The quantitative estimate of drug-likeness (QED) is 0.292. The molecule has 6 nitrogen and oxygen atoms in total. The van der Waals surface area contributed by atoms with Crippen LogP contribution in [0.25, 0.3) is 27.8 Å². The highest BCUT2D eigenvalue weighted by Gasteiger charge is 2.17. The molecule has 186 valence electrons. The van der Waals surface area contributed by atoms with Gasteiger partial charge in [0.05, 0.1) is 41.5 Å². The Labute approximate surface area is 216 Å². The van der Waals surface area contributed by atoms with Gasteiger partial charge in [0.1, 0.15) is 5.75 Å². The summed E-state index contributed by atoms with van der Waals surface area (Å²) in [4.78, 5) is 18.3. The van der Waals surface area contributed by atoms with Crippen LogP contribution in [0.3, 0.4) is 0 Å². The zero-order valence-electron chi connectivity index (χ0n) is 21.4. The number of methoxy groups -OCH3 is 1. The highest BCUT2D eigenvalue weighted by atomic mass is 16.5. The fourth-order valence-corrected chi connectivity index (χ4v) is 4.61. The number of benzene rings is 3. The Kier molecular flexibility index (Phi) is 6.99. The first-order valence-electron chi connectivity index (χ1n) is 12.5. The van der Waals surface area contributed by atoms with E-state index in [-0.39, 0.29) is 5.91 Å². The topological polar surface area (TPSA) is 69.0 Å². The average molecular weight is 491 g/mol. The molecule has 0 aliphatic rings.